The summed E-state index contributed by atoms with van der Waals surface area (Å²) in [5.41, 5.74) is 0.530. The summed E-state index contributed by atoms with van der Waals surface area (Å²) in [6.07, 6.45) is 2.73. The van der Waals surface area contributed by atoms with E-state index in [1.165, 1.54) is 0 Å². The summed E-state index contributed by atoms with van der Waals surface area (Å²) >= 11 is 0. The van der Waals surface area contributed by atoms with E-state index in [2.05, 4.69) is 6.07 Å². The normalized spacial score (nSPS) is 19.1. The maximum Gasteiger partial charge on any atom is 0.258 e. The Kier molecular flexibility index (Phi) is 3.83. The Balaban J connectivity index is 2.27. The van der Waals surface area contributed by atoms with Gasteiger partial charge in [-0.3, -0.25) is 4.79 Å². The third-order valence-corrected chi connectivity index (χ3v) is 3.25. The molecule has 4 heteroatoms. The predicted octanol–water partition coefficient (Wildman–Crippen LogP) is 2.21. The van der Waals surface area contributed by atoms with Crippen LogP contribution in [0, 0.1) is 11.3 Å². The first kappa shape index (κ1) is 12.4. The molecule has 1 amide bonds. The lowest BCUT2D eigenvalue weighted by atomic mass is 10.0. The van der Waals surface area contributed by atoms with Gasteiger partial charge in [-0.1, -0.05) is 12.1 Å². The molecule has 18 heavy (non-hydrogen) atoms. The van der Waals surface area contributed by atoms with Gasteiger partial charge in [-0.15, -0.1) is 0 Å². The first-order chi connectivity index (χ1) is 8.77. The summed E-state index contributed by atoms with van der Waals surface area (Å²) in [6, 6.07) is 9.03. The van der Waals surface area contributed by atoms with E-state index in [1.54, 1.807) is 30.2 Å². The molecule has 0 N–H and O–H groups in total. The zero-order valence-electron chi connectivity index (χ0n) is 10.4. The maximum absolute atomic E-state index is 12.4. The van der Waals surface area contributed by atoms with Gasteiger partial charge in [0.05, 0.1) is 18.7 Å². The molecule has 1 unspecified atom stereocenters. The zero-order chi connectivity index (χ0) is 13.0. The van der Waals surface area contributed by atoms with Gasteiger partial charge in [-0.25, -0.2) is 0 Å². The smallest absolute Gasteiger partial charge is 0.258 e. The third-order valence-electron chi connectivity index (χ3n) is 3.25. The number of methoxy groups -OCH3 is 1. The van der Waals surface area contributed by atoms with Crippen molar-refractivity contribution in [2.75, 3.05) is 13.7 Å². The molecule has 0 aliphatic carbocycles. The maximum atomic E-state index is 12.4. The van der Waals surface area contributed by atoms with Crippen molar-refractivity contribution in [3.8, 4) is 11.8 Å². The van der Waals surface area contributed by atoms with Crippen molar-refractivity contribution in [3.63, 3.8) is 0 Å². The number of nitrogens with zero attached hydrogens (tertiary/aromatic N) is 2. The number of carbonyl (C=O) groups is 1. The molecule has 1 aromatic rings. The Morgan fingerprint density at radius 3 is 2.94 bits per heavy atom. The van der Waals surface area contributed by atoms with Crippen LogP contribution in [0.25, 0.3) is 0 Å². The highest BCUT2D eigenvalue weighted by atomic mass is 16.5. The van der Waals surface area contributed by atoms with Crippen molar-refractivity contribution in [3.05, 3.63) is 29.8 Å². The van der Waals surface area contributed by atoms with Crippen LogP contribution in [0.1, 0.15) is 29.6 Å². The number of carbonyl (C=O) groups excluding carboxylic acids is 1. The second-order valence-corrected chi connectivity index (χ2v) is 4.34. The molecular weight excluding hydrogens is 228 g/mol. The Labute approximate surface area is 107 Å². The number of nitriles is 1. The van der Waals surface area contributed by atoms with Crippen LogP contribution in [-0.4, -0.2) is 30.5 Å². The molecule has 1 atom stereocenters. The quantitative estimate of drug-likeness (QED) is 0.801. The molecule has 0 bridgehead atoms. The van der Waals surface area contributed by atoms with Crippen molar-refractivity contribution in [1.82, 2.24) is 4.90 Å². The highest BCUT2D eigenvalue weighted by Crippen LogP contribution is 2.24. The highest BCUT2D eigenvalue weighted by Gasteiger charge is 2.28. The van der Waals surface area contributed by atoms with Gasteiger partial charge in [0, 0.05) is 6.54 Å². The lowest BCUT2D eigenvalue weighted by molar-refractivity contribution is 0.0667. The molecule has 0 spiro atoms. The minimum absolute atomic E-state index is 0.112. The topological polar surface area (TPSA) is 53.3 Å². The summed E-state index contributed by atoms with van der Waals surface area (Å²) < 4.78 is 5.20. The van der Waals surface area contributed by atoms with Gasteiger partial charge < -0.3 is 9.64 Å². The number of para-hydroxylation sites is 1. The van der Waals surface area contributed by atoms with Crippen LogP contribution >= 0.6 is 0 Å². The second-order valence-electron chi connectivity index (χ2n) is 4.34. The summed E-state index contributed by atoms with van der Waals surface area (Å²) in [4.78, 5) is 14.1. The average Bonchev–Trinajstić information content (AvgIpc) is 2.46. The molecule has 94 valence electrons. The van der Waals surface area contributed by atoms with E-state index in [4.69, 9.17) is 10.00 Å². The standard InChI is InChI=1S/C14H16N2O2/c1-18-13-8-3-2-7-12(13)14(17)16-9-5-4-6-11(16)10-15/h2-3,7-8,11H,4-6,9H2,1H3. The van der Waals surface area contributed by atoms with Crippen LogP contribution in [0.4, 0.5) is 0 Å². The fourth-order valence-electron chi connectivity index (χ4n) is 2.28. The molecule has 1 saturated heterocycles. The van der Waals surface area contributed by atoms with Crippen LogP contribution in [0.2, 0.25) is 0 Å². The lowest BCUT2D eigenvalue weighted by Gasteiger charge is -2.31. The van der Waals surface area contributed by atoms with E-state index < -0.39 is 0 Å². The Morgan fingerprint density at radius 2 is 2.22 bits per heavy atom. The number of likely N-dealkylation sites (tertiary alicyclic amines) is 1. The van der Waals surface area contributed by atoms with Gasteiger partial charge >= 0.3 is 0 Å². The van der Waals surface area contributed by atoms with Gasteiger partial charge in [-0.2, -0.15) is 5.26 Å². The number of hydrogen-bond donors (Lipinski definition) is 0. The molecule has 1 heterocycles. The number of ether oxygens (including phenoxy) is 1. The van der Waals surface area contributed by atoms with E-state index in [0.717, 1.165) is 19.3 Å². The monoisotopic (exact) mass is 244 g/mol. The van der Waals surface area contributed by atoms with Crippen LogP contribution in [0.5, 0.6) is 5.75 Å². The Bertz CT molecular complexity index is 479. The van der Waals surface area contributed by atoms with Crippen molar-refractivity contribution in [2.24, 2.45) is 0 Å². The second kappa shape index (κ2) is 5.54. The first-order valence-electron chi connectivity index (χ1n) is 6.11. The summed E-state index contributed by atoms with van der Waals surface area (Å²) in [5, 5.41) is 9.11. The molecule has 2 rings (SSSR count). The fraction of sp³-hybridized carbons (Fsp3) is 0.429. The molecule has 4 nitrogen and oxygen atoms in total. The van der Waals surface area contributed by atoms with Gasteiger partial charge in [0.25, 0.3) is 5.91 Å². The summed E-state index contributed by atoms with van der Waals surface area (Å²) in [7, 11) is 1.55. The molecular formula is C14H16N2O2. The number of rotatable bonds is 2. The van der Waals surface area contributed by atoms with E-state index in [-0.39, 0.29) is 11.9 Å². The molecule has 1 aromatic carbocycles. The zero-order valence-corrected chi connectivity index (χ0v) is 10.4. The van der Waals surface area contributed by atoms with Crippen LogP contribution in [-0.2, 0) is 0 Å². The van der Waals surface area contributed by atoms with E-state index >= 15 is 0 Å². The van der Waals surface area contributed by atoms with Crippen LogP contribution in [0.15, 0.2) is 24.3 Å². The number of amides is 1. The van der Waals surface area contributed by atoms with Gasteiger partial charge in [-0.05, 0) is 31.4 Å². The molecule has 0 aromatic heterocycles. The van der Waals surface area contributed by atoms with E-state index in [1.807, 2.05) is 6.07 Å². The minimum atomic E-state index is -0.309. The average molecular weight is 244 g/mol. The molecule has 0 saturated carbocycles. The van der Waals surface area contributed by atoms with Crippen molar-refractivity contribution in [1.29, 1.82) is 5.26 Å². The number of benzene rings is 1. The summed E-state index contributed by atoms with van der Waals surface area (Å²) in [5.74, 6) is 0.448. The Hall–Kier alpha value is -2.02. The van der Waals surface area contributed by atoms with Crippen molar-refractivity contribution < 1.29 is 9.53 Å². The lowest BCUT2D eigenvalue weighted by Crippen LogP contribution is -2.43. The largest absolute Gasteiger partial charge is 0.496 e. The van der Waals surface area contributed by atoms with E-state index in [9.17, 15) is 4.79 Å². The van der Waals surface area contributed by atoms with Gasteiger partial charge in [0.2, 0.25) is 0 Å². The molecule has 0 radical (unpaired) electrons. The highest BCUT2D eigenvalue weighted by molar-refractivity contribution is 5.97. The third kappa shape index (κ3) is 2.30. The molecule has 1 aliphatic heterocycles. The first-order valence-corrected chi connectivity index (χ1v) is 6.11. The SMILES string of the molecule is COc1ccccc1C(=O)N1CCCCC1C#N. The minimum Gasteiger partial charge on any atom is -0.496 e. The number of hydrogen-bond acceptors (Lipinski definition) is 3. The molecule has 1 fully saturated rings. The predicted molar refractivity (Wildman–Crippen MR) is 67.3 cm³/mol. The number of piperidine rings is 1. The van der Waals surface area contributed by atoms with Gasteiger partial charge in [0.15, 0.2) is 0 Å². The fourth-order valence-corrected chi connectivity index (χ4v) is 2.28. The molecule has 1 aliphatic rings. The van der Waals surface area contributed by atoms with Crippen molar-refractivity contribution >= 4 is 5.91 Å². The summed E-state index contributed by atoms with van der Waals surface area (Å²) in [6.45, 7) is 0.648. The van der Waals surface area contributed by atoms with Crippen molar-refractivity contribution in [2.45, 2.75) is 25.3 Å². The van der Waals surface area contributed by atoms with Crippen LogP contribution in [0.3, 0.4) is 0 Å². The van der Waals surface area contributed by atoms with Crippen LogP contribution < -0.4 is 4.74 Å². The van der Waals surface area contributed by atoms with E-state index in [0.29, 0.717) is 17.9 Å². The Morgan fingerprint density at radius 1 is 1.44 bits per heavy atom. The van der Waals surface area contributed by atoms with Gasteiger partial charge in [0.1, 0.15) is 11.8 Å².